The van der Waals surface area contributed by atoms with Crippen molar-refractivity contribution in [3.05, 3.63) is 41.2 Å². The molecule has 1 aromatic heterocycles. The molecule has 0 unspecified atom stereocenters. The van der Waals surface area contributed by atoms with Crippen LogP contribution in [0.4, 0.5) is 5.95 Å². The second kappa shape index (κ2) is 5.50. The summed E-state index contributed by atoms with van der Waals surface area (Å²) < 4.78 is 1.38. The maximum atomic E-state index is 11.6. The monoisotopic (exact) mass is 265 g/mol. The highest BCUT2D eigenvalue weighted by atomic mass is 35.5. The van der Waals surface area contributed by atoms with Gasteiger partial charge in [0.15, 0.2) is 0 Å². The second-order valence-electron chi connectivity index (χ2n) is 3.70. The van der Waals surface area contributed by atoms with Crippen LogP contribution in [-0.4, -0.2) is 20.7 Å². The van der Waals surface area contributed by atoms with Gasteiger partial charge in [-0.1, -0.05) is 23.7 Å². The Hall–Kier alpha value is -2.08. The maximum absolute atomic E-state index is 11.6. The highest BCUT2D eigenvalue weighted by Gasteiger charge is 2.04. The van der Waals surface area contributed by atoms with Crippen molar-refractivity contribution >= 4 is 23.5 Å². The number of benzene rings is 1. The Morgan fingerprint density at radius 1 is 1.39 bits per heavy atom. The first-order chi connectivity index (χ1) is 8.63. The van der Waals surface area contributed by atoms with Gasteiger partial charge in [-0.15, -0.1) is 5.10 Å². The van der Waals surface area contributed by atoms with Gasteiger partial charge in [0.05, 0.1) is 0 Å². The van der Waals surface area contributed by atoms with E-state index < -0.39 is 0 Å². The summed E-state index contributed by atoms with van der Waals surface area (Å²) in [6.07, 6.45) is 1.41. The van der Waals surface area contributed by atoms with Crippen molar-refractivity contribution in [2.45, 2.75) is 13.1 Å². The van der Waals surface area contributed by atoms with Gasteiger partial charge in [-0.25, -0.2) is 9.67 Å². The van der Waals surface area contributed by atoms with E-state index >= 15 is 0 Å². The molecule has 1 aromatic carbocycles. The van der Waals surface area contributed by atoms with Gasteiger partial charge < -0.3 is 11.1 Å². The topological polar surface area (TPSA) is 85.8 Å². The minimum Gasteiger partial charge on any atom is -0.367 e. The molecule has 0 bridgehead atoms. The second-order valence-corrected chi connectivity index (χ2v) is 4.14. The molecule has 1 amide bonds. The summed E-state index contributed by atoms with van der Waals surface area (Å²) in [4.78, 5) is 15.3. The molecule has 0 spiro atoms. The Kier molecular flexibility index (Phi) is 3.78. The van der Waals surface area contributed by atoms with E-state index in [-0.39, 0.29) is 18.4 Å². The standard InChI is InChI=1S/C11H12ClN5O/c12-9-3-1-8(2-4-9)5-14-10(18)6-17-7-15-11(13)16-17/h1-4,7H,5-6H2,(H2,13,16)(H,14,18). The van der Waals surface area contributed by atoms with Crippen molar-refractivity contribution in [3.8, 4) is 0 Å². The molecule has 0 aliphatic carbocycles. The van der Waals surface area contributed by atoms with E-state index in [9.17, 15) is 4.79 Å². The Labute approximate surface area is 109 Å². The number of hydrogen-bond acceptors (Lipinski definition) is 4. The Morgan fingerprint density at radius 3 is 2.72 bits per heavy atom. The van der Waals surface area contributed by atoms with Crippen molar-refractivity contribution in [2.24, 2.45) is 0 Å². The summed E-state index contributed by atoms with van der Waals surface area (Å²) in [5, 5.41) is 7.26. The Bertz CT molecular complexity index is 537. The molecule has 0 atom stereocenters. The van der Waals surface area contributed by atoms with E-state index in [1.165, 1.54) is 11.0 Å². The van der Waals surface area contributed by atoms with Crippen molar-refractivity contribution in [1.82, 2.24) is 20.1 Å². The maximum Gasteiger partial charge on any atom is 0.242 e. The molecule has 0 saturated carbocycles. The molecule has 0 aliphatic heterocycles. The van der Waals surface area contributed by atoms with Crippen LogP contribution in [0.5, 0.6) is 0 Å². The van der Waals surface area contributed by atoms with Gasteiger partial charge in [0.2, 0.25) is 11.9 Å². The van der Waals surface area contributed by atoms with E-state index in [0.717, 1.165) is 5.56 Å². The Morgan fingerprint density at radius 2 is 2.11 bits per heavy atom. The highest BCUT2D eigenvalue weighted by molar-refractivity contribution is 6.30. The van der Waals surface area contributed by atoms with Gasteiger partial charge in [-0.3, -0.25) is 4.79 Å². The lowest BCUT2D eigenvalue weighted by Gasteiger charge is -2.05. The number of halogens is 1. The van der Waals surface area contributed by atoms with Crippen LogP contribution in [0.15, 0.2) is 30.6 Å². The zero-order chi connectivity index (χ0) is 13.0. The van der Waals surface area contributed by atoms with Gasteiger partial charge in [-0.2, -0.15) is 0 Å². The predicted molar refractivity (Wildman–Crippen MR) is 67.7 cm³/mol. The van der Waals surface area contributed by atoms with Crippen LogP contribution in [0.3, 0.4) is 0 Å². The lowest BCUT2D eigenvalue weighted by Crippen LogP contribution is -2.27. The molecule has 0 fully saturated rings. The van der Waals surface area contributed by atoms with E-state index in [1.54, 1.807) is 12.1 Å². The lowest BCUT2D eigenvalue weighted by molar-refractivity contribution is -0.122. The van der Waals surface area contributed by atoms with Crippen LogP contribution >= 0.6 is 11.6 Å². The largest absolute Gasteiger partial charge is 0.367 e. The van der Waals surface area contributed by atoms with Crippen molar-refractivity contribution in [1.29, 1.82) is 0 Å². The SMILES string of the molecule is Nc1ncn(CC(=O)NCc2ccc(Cl)cc2)n1. The van der Waals surface area contributed by atoms with Crippen molar-refractivity contribution in [2.75, 3.05) is 5.73 Å². The number of anilines is 1. The number of nitrogens with one attached hydrogen (secondary N) is 1. The van der Waals surface area contributed by atoms with Gasteiger partial charge in [-0.05, 0) is 17.7 Å². The van der Waals surface area contributed by atoms with Crippen LogP contribution < -0.4 is 11.1 Å². The van der Waals surface area contributed by atoms with E-state index in [1.807, 2.05) is 12.1 Å². The summed E-state index contributed by atoms with van der Waals surface area (Å²) in [5.41, 5.74) is 6.32. The van der Waals surface area contributed by atoms with E-state index in [2.05, 4.69) is 15.4 Å². The average molecular weight is 266 g/mol. The first-order valence-electron chi connectivity index (χ1n) is 5.29. The number of aromatic nitrogens is 3. The lowest BCUT2D eigenvalue weighted by atomic mass is 10.2. The summed E-state index contributed by atoms with van der Waals surface area (Å²) in [6, 6.07) is 7.27. The minimum absolute atomic E-state index is 0.0950. The number of amides is 1. The normalized spacial score (nSPS) is 10.3. The quantitative estimate of drug-likeness (QED) is 0.857. The molecular weight excluding hydrogens is 254 g/mol. The van der Waals surface area contributed by atoms with Gasteiger partial charge >= 0.3 is 0 Å². The van der Waals surface area contributed by atoms with Crippen LogP contribution in [-0.2, 0) is 17.9 Å². The predicted octanol–water partition coefficient (Wildman–Crippen LogP) is 0.830. The molecule has 18 heavy (non-hydrogen) atoms. The van der Waals surface area contributed by atoms with Crippen molar-refractivity contribution < 1.29 is 4.79 Å². The molecular formula is C11H12ClN5O. The number of nitrogens with zero attached hydrogens (tertiary/aromatic N) is 3. The molecule has 2 rings (SSSR count). The molecule has 6 nitrogen and oxygen atoms in total. The van der Waals surface area contributed by atoms with Crippen LogP contribution in [0, 0.1) is 0 Å². The van der Waals surface area contributed by atoms with Crippen LogP contribution in [0.2, 0.25) is 5.02 Å². The molecule has 2 aromatic rings. The van der Waals surface area contributed by atoms with E-state index in [4.69, 9.17) is 17.3 Å². The number of nitrogens with two attached hydrogens (primary N) is 1. The molecule has 1 heterocycles. The first-order valence-corrected chi connectivity index (χ1v) is 5.67. The molecule has 7 heteroatoms. The number of carbonyl (C=O) groups excluding carboxylic acids is 1. The van der Waals surface area contributed by atoms with Crippen molar-refractivity contribution in [3.63, 3.8) is 0 Å². The summed E-state index contributed by atoms with van der Waals surface area (Å²) in [5.74, 6) is -0.00430. The number of carbonyl (C=O) groups is 1. The summed E-state index contributed by atoms with van der Waals surface area (Å²) in [6.45, 7) is 0.540. The molecule has 0 radical (unpaired) electrons. The summed E-state index contributed by atoms with van der Waals surface area (Å²) in [7, 11) is 0. The number of hydrogen-bond donors (Lipinski definition) is 2. The average Bonchev–Trinajstić information content (AvgIpc) is 2.74. The van der Waals surface area contributed by atoms with Gasteiger partial charge in [0.1, 0.15) is 12.9 Å². The number of rotatable bonds is 4. The van der Waals surface area contributed by atoms with E-state index in [0.29, 0.717) is 11.6 Å². The fourth-order valence-corrected chi connectivity index (χ4v) is 1.52. The fourth-order valence-electron chi connectivity index (χ4n) is 1.39. The molecule has 0 aliphatic rings. The number of nitrogen functional groups attached to an aromatic ring is 1. The molecule has 94 valence electrons. The van der Waals surface area contributed by atoms with Crippen LogP contribution in [0.1, 0.15) is 5.56 Å². The first kappa shape index (κ1) is 12.4. The smallest absolute Gasteiger partial charge is 0.242 e. The minimum atomic E-state index is -0.158. The zero-order valence-corrected chi connectivity index (χ0v) is 10.3. The van der Waals surface area contributed by atoms with Gasteiger partial charge in [0, 0.05) is 11.6 Å². The zero-order valence-electron chi connectivity index (χ0n) is 9.51. The third-order valence-electron chi connectivity index (χ3n) is 2.26. The summed E-state index contributed by atoms with van der Waals surface area (Å²) >= 11 is 5.77. The van der Waals surface area contributed by atoms with Gasteiger partial charge in [0.25, 0.3) is 0 Å². The highest BCUT2D eigenvalue weighted by Crippen LogP contribution is 2.09. The molecule has 0 saturated heterocycles. The van der Waals surface area contributed by atoms with Crippen LogP contribution in [0.25, 0.3) is 0 Å². The third-order valence-corrected chi connectivity index (χ3v) is 2.51. The Balaban J connectivity index is 1.83. The molecule has 3 N–H and O–H groups in total. The third kappa shape index (κ3) is 3.46. The fraction of sp³-hybridized carbons (Fsp3) is 0.182.